The number of phosphoric ester groups is 1. The third kappa shape index (κ3) is 5.38. The van der Waals surface area contributed by atoms with Crippen molar-refractivity contribution in [2.24, 2.45) is 11.8 Å². The second-order valence-corrected chi connectivity index (χ2v) is 14.6. The Hall–Kier alpha value is -1.80. The van der Waals surface area contributed by atoms with E-state index in [1.807, 2.05) is 0 Å². The van der Waals surface area contributed by atoms with Gasteiger partial charge in [0.25, 0.3) is 0 Å². The van der Waals surface area contributed by atoms with Crippen molar-refractivity contribution in [1.29, 1.82) is 0 Å². The summed E-state index contributed by atoms with van der Waals surface area (Å²) in [6.07, 6.45) is -3.45. The van der Waals surface area contributed by atoms with Crippen LogP contribution in [-0.4, -0.2) is 124 Å². The van der Waals surface area contributed by atoms with Gasteiger partial charge in [0.15, 0.2) is 29.8 Å². The largest absolute Gasteiger partial charge is 0.482 e. The van der Waals surface area contributed by atoms with E-state index in [1.54, 1.807) is 0 Å². The Morgan fingerprint density at radius 2 is 1.98 bits per heavy atom. The summed E-state index contributed by atoms with van der Waals surface area (Å²) in [5.41, 5.74) is 4.34. The first-order valence-corrected chi connectivity index (χ1v) is 16.8. The molecule has 1 aliphatic carbocycles. The molecule has 3 aliphatic rings. The van der Waals surface area contributed by atoms with E-state index < -0.39 is 94.1 Å². The van der Waals surface area contributed by atoms with E-state index in [1.165, 1.54) is 18.0 Å². The summed E-state index contributed by atoms with van der Waals surface area (Å²) in [6.45, 7) is -6.51. The molecule has 2 saturated heterocycles. The number of aromatic nitrogens is 4. The molecule has 0 radical (unpaired) electrons. The fourth-order valence-electron chi connectivity index (χ4n) is 5.66. The maximum Gasteiger partial charge on any atom is 0.482 e. The van der Waals surface area contributed by atoms with Gasteiger partial charge in [0.2, 0.25) is 5.60 Å². The summed E-state index contributed by atoms with van der Waals surface area (Å²) in [6, 6.07) is 0. The van der Waals surface area contributed by atoms with Crippen LogP contribution in [0.3, 0.4) is 0 Å². The highest BCUT2D eigenvalue weighted by atomic mass is 32.7. The lowest BCUT2D eigenvalue weighted by molar-refractivity contribution is -0.427. The number of hydrogen-bond acceptors (Lipinski definition) is 18. The van der Waals surface area contributed by atoms with Crippen molar-refractivity contribution >= 4 is 43.9 Å². The first-order chi connectivity index (χ1) is 20.6. The number of methoxy groups -OCH3 is 1. The van der Waals surface area contributed by atoms with E-state index in [-0.39, 0.29) is 17.0 Å². The van der Waals surface area contributed by atoms with Crippen LogP contribution in [0.15, 0.2) is 12.7 Å². The van der Waals surface area contributed by atoms with Gasteiger partial charge >= 0.3 is 14.6 Å². The number of terminal acetylenes is 1. The number of imidazole rings is 1. The number of nitrogens with zero attached hydrogens (tertiary/aromatic N) is 4. The van der Waals surface area contributed by atoms with E-state index in [4.69, 9.17) is 35.4 Å². The summed E-state index contributed by atoms with van der Waals surface area (Å²) < 4.78 is 57.7. The number of hydrogen-bond donors (Lipinski definition) is 9. The zero-order chi connectivity index (χ0) is 32.4. The van der Waals surface area contributed by atoms with Crippen LogP contribution in [-0.2, 0) is 36.7 Å². The number of phosphoric acid groups is 1. The minimum Gasteiger partial charge on any atom is -0.394 e. The number of thiol groups is 1. The molecule has 0 spiro atoms. The monoisotopic (exact) mass is 685 g/mol. The van der Waals surface area contributed by atoms with Crippen LogP contribution >= 0.6 is 26.9 Å². The number of nitrogen functional groups attached to an aromatic ring is 1. The third-order valence-electron chi connectivity index (χ3n) is 7.75. The quantitative estimate of drug-likeness (QED) is 0.0657. The maximum atomic E-state index is 12.9. The molecule has 9 N–H and O–H groups in total. The van der Waals surface area contributed by atoms with Crippen LogP contribution in [0.2, 0.25) is 0 Å². The summed E-state index contributed by atoms with van der Waals surface area (Å²) in [5, 5.41) is 61.3. The van der Waals surface area contributed by atoms with Crippen molar-refractivity contribution in [1.82, 2.24) is 19.5 Å². The van der Waals surface area contributed by atoms with Gasteiger partial charge in [-0.25, -0.2) is 24.1 Å². The number of aliphatic hydroxyl groups is 6. The normalized spacial score (nSPS) is 40.1. The van der Waals surface area contributed by atoms with Gasteiger partial charge in [-0.1, -0.05) is 18.2 Å². The number of aliphatic hydroxyl groups excluding tert-OH is 5. The van der Waals surface area contributed by atoms with Crippen molar-refractivity contribution in [3.8, 4) is 12.3 Å². The topological polar surface area (TPSA) is 301 Å². The van der Waals surface area contributed by atoms with Gasteiger partial charge in [-0.3, -0.25) is 13.6 Å². The maximum absolute atomic E-state index is 12.9. The van der Waals surface area contributed by atoms with Gasteiger partial charge in [-0.05, 0) is 0 Å². The Morgan fingerprint density at radius 1 is 1.27 bits per heavy atom. The molecule has 1 saturated carbocycles. The molecule has 2 aromatic heterocycles. The van der Waals surface area contributed by atoms with Gasteiger partial charge in [0.1, 0.15) is 24.1 Å². The van der Waals surface area contributed by atoms with Gasteiger partial charge < -0.3 is 55.5 Å². The molecule has 8 unspecified atom stereocenters. The van der Waals surface area contributed by atoms with Crippen LogP contribution in [0.25, 0.3) is 11.2 Å². The summed E-state index contributed by atoms with van der Waals surface area (Å²) in [4.78, 5) is 22.3. The van der Waals surface area contributed by atoms with Crippen LogP contribution in [0.4, 0.5) is 5.82 Å². The Morgan fingerprint density at radius 3 is 2.61 bits per heavy atom. The molecular weight excluding hydrogens is 656 g/mol. The molecule has 2 aromatic rings. The van der Waals surface area contributed by atoms with Crippen LogP contribution < -0.4 is 5.73 Å². The molecule has 0 bridgehead atoms. The average Bonchev–Trinajstić information content (AvgIpc) is 3.53. The van der Waals surface area contributed by atoms with Gasteiger partial charge in [0.05, 0.1) is 49.7 Å². The second kappa shape index (κ2) is 11.8. The highest BCUT2D eigenvalue weighted by Crippen LogP contribution is 2.68. The zero-order valence-electron chi connectivity index (χ0n) is 22.4. The van der Waals surface area contributed by atoms with Crippen LogP contribution in [0.5, 0.6) is 0 Å². The lowest BCUT2D eigenvalue weighted by Gasteiger charge is -2.49. The van der Waals surface area contributed by atoms with E-state index >= 15 is 0 Å². The predicted molar refractivity (Wildman–Crippen MR) is 145 cm³/mol. The summed E-state index contributed by atoms with van der Waals surface area (Å²) >= 11 is 3.66. The number of nitrogens with two attached hydrogens (primary N) is 1. The first-order valence-electron chi connectivity index (χ1n) is 12.6. The minimum atomic E-state index is -5.41. The van der Waals surface area contributed by atoms with Crippen LogP contribution in [0.1, 0.15) is 6.23 Å². The second-order valence-electron chi connectivity index (χ2n) is 10.1. The highest BCUT2D eigenvalue weighted by molar-refractivity contribution is 8.45. The highest BCUT2D eigenvalue weighted by Gasteiger charge is 2.73. The number of ether oxygens (including phenoxy) is 3. The molecule has 13 atom stereocenters. The Labute approximate surface area is 253 Å². The molecule has 244 valence electrons. The Balaban J connectivity index is 1.26. The smallest absolute Gasteiger partial charge is 0.394 e. The molecule has 2 aliphatic heterocycles. The number of anilines is 1. The lowest BCUT2D eigenvalue weighted by Crippen LogP contribution is -2.64. The zero-order valence-corrected chi connectivity index (χ0v) is 25.1. The van der Waals surface area contributed by atoms with E-state index in [0.717, 1.165) is 6.33 Å². The van der Waals surface area contributed by atoms with E-state index in [0.29, 0.717) is 0 Å². The number of fused-ring (bicyclic) bond motifs is 2. The molecule has 20 nitrogen and oxygen atoms in total. The van der Waals surface area contributed by atoms with E-state index in [9.17, 15) is 44.7 Å². The summed E-state index contributed by atoms with van der Waals surface area (Å²) in [7, 11) is -4.21. The SMILES string of the molecule is C#C[C@@]1(OC)[C@H](O)[C@@H](COP(=O)(S)OP(=O)(O)OC2OC3(O)C2C(O)C(O)C3[C@@H](O)CO)O[C@H]1n1cnc2c(N)ncnc21. The molecule has 0 amide bonds. The fourth-order valence-corrected chi connectivity index (χ4v) is 8.85. The summed E-state index contributed by atoms with van der Waals surface area (Å²) in [5.74, 6) is -3.24. The molecule has 44 heavy (non-hydrogen) atoms. The van der Waals surface area contributed by atoms with Crippen molar-refractivity contribution in [2.75, 3.05) is 26.1 Å². The minimum absolute atomic E-state index is 0.0536. The lowest BCUT2D eigenvalue weighted by atomic mass is 9.86. The molecule has 23 heteroatoms. The average molecular weight is 685 g/mol. The predicted octanol–water partition coefficient (Wildman–Crippen LogP) is -2.76. The van der Waals surface area contributed by atoms with Crippen molar-refractivity contribution in [3.05, 3.63) is 12.7 Å². The molecule has 3 fully saturated rings. The van der Waals surface area contributed by atoms with E-state index in [2.05, 4.69) is 37.4 Å². The van der Waals surface area contributed by atoms with Crippen molar-refractivity contribution in [3.63, 3.8) is 0 Å². The number of rotatable bonds is 11. The molecule has 5 rings (SSSR count). The van der Waals surface area contributed by atoms with Crippen molar-refractivity contribution < 1.29 is 72.2 Å². The molecule has 4 heterocycles. The van der Waals surface area contributed by atoms with Crippen LogP contribution in [0, 0.1) is 24.2 Å². The van der Waals surface area contributed by atoms with Gasteiger partial charge in [-0.15, -0.1) is 6.42 Å². The molecular formula is C21H29N5O15P2S. The first kappa shape index (κ1) is 33.6. The fraction of sp³-hybridized carbons (Fsp3) is 0.667. The third-order valence-corrected chi connectivity index (χ3v) is 11.4. The van der Waals surface area contributed by atoms with Gasteiger partial charge in [0, 0.05) is 7.11 Å². The van der Waals surface area contributed by atoms with Gasteiger partial charge in [-0.2, -0.15) is 4.31 Å². The Bertz CT molecular complexity index is 1550. The van der Waals surface area contributed by atoms with Crippen molar-refractivity contribution in [2.45, 2.75) is 54.4 Å². The standard InChI is InChI=1S/C21H29N5O15P2S/c1-3-20(36-2)15(31)9(38-19(20)26-7-25-12-16(22)23-6-24-17(12)26)5-37-43(35,44)41-42(33,34)40-18-11-14(30)13(29)10(8(28)4-27)21(11,32)39-18/h1,6-11,13-15,18-19,27-32H,4-5H2,2H3,(H,33,34)(H,35,44)(H2,22,23,24)/t8-,9+,10?,11?,13?,14?,15+,18?,19+,20+,21?,43?/m0/s1. The molecule has 0 aromatic carbocycles. The Kier molecular flexibility index (Phi) is 8.98.